The Bertz CT molecular complexity index is 723. The van der Waals surface area contributed by atoms with Crippen LogP contribution in [-0.4, -0.2) is 42.8 Å². The molecule has 0 unspecified atom stereocenters. The van der Waals surface area contributed by atoms with Crippen LogP contribution in [0.25, 0.3) is 0 Å². The molecular weight excluding hydrogens is 329 g/mol. The first-order valence-corrected chi connectivity index (χ1v) is 10.4. The van der Waals surface area contributed by atoms with Gasteiger partial charge in [-0.2, -0.15) is 0 Å². The predicted molar refractivity (Wildman–Crippen MR) is 91.0 cm³/mol. The number of hydrogen-bond acceptors (Lipinski definition) is 3. The highest BCUT2D eigenvalue weighted by molar-refractivity contribution is 7.92. The number of hydrogen-bond donors (Lipinski definition) is 0. The minimum atomic E-state index is -3.45. The van der Waals surface area contributed by atoms with Crippen molar-refractivity contribution < 1.29 is 17.6 Å². The number of carbonyl (C=O) groups is 1. The van der Waals surface area contributed by atoms with E-state index in [2.05, 4.69) is 0 Å². The van der Waals surface area contributed by atoms with Gasteiger partial charge in [-0.25, -0.2) is 12.8 Å². The van der Waals surface area contributed by atoms with Crippen LogP contribution in [0.2, 0.25) is 0 Å². The number of nitrogens with zero attached hydrogens (tertiary/aromatic N) is 1. The lowest BCUT2D eigenvalue weighted by Gasteiger charge is -2.33. The molecule has 0 radical (unpaired) electrons. The number of amides is 1. The summed E-state index contributed by atoms with van der Waals surface area (Å²) in [4.78, 5) is 14.9. The Morgan fingerprint density at radius 3 is 2.33 bits per heavy atom. The number of benzene rings is 1. The average Bonchev–Trinajstić information content (AvgIpc) is 3.14. The summed E-state index contributed by atoms with van der Waals surface area (Å²) in [7, 11) is -3.45. The lowest BCUT2D eigenvalue weighted by atomic mass is 9.97. The van der Waals surface area contributed by atoms with Gasteiger partial charge >= 0.3 is 0 Å². The molecule has 1 aromatic carbocycles. The Hall–Kier alpha value is -1.43. The molecule has 1 amide bonds. The van der Waals surface area contributed by atoms with Gasteiger partial charge in [0.2, 0.25) is 5.91 Å². The van der Waals surface area contributed by atoms with Gasteiger partial charge in [-0.1, -0.05) is 25.0 Å². The summed E-state index contributed by atoms with van der Waals surface area (Å²) in [6.07, 6.45) is 4.38. The molecule has 0 N–H and O–H groups in total. The molecule has 24 heavy (non-hydrogen) atoms. The van der Waals surface area contributed by atoms with Crippen LogP contribution in [0, 0.1) is 5.82 Å². The van der Waals surface area contributed by atoms with E-state index in [0.29, 0.717) is 19.4 Å². The number of likely N-dealkylation sites (tertiary alicyclic amines) is 1. The van der Waals surface area contributed by atoms with Crippen molar-refractivity contribution in [1.82, 2.24) is 4.90 Å². The molecule has 6 heteroatoms. The molecule has 2 atom stereocenters. The zero-order chi connectivity index (χ0) is 17.5. The van der Waals surface area contributed by atoms with E-state index >= 15 is 0 Å². The van der Waals surface area contributed by atoms with Crippen molar-refractivity contribution in [3.05, 3.63) is 35.6 Å². The Balaban J connectivity index is 1.84. The molecule has 132 valence electrons. The first-order valence-electron chi connectivity index (χ1n) is 8.51. The maximum Gasteiger partial charge on any atom is 0.244 e. The van der Waals surface area contributed by atoms with Gasteiger partial charge in [-0.15, -0.1) is 0 Å². The van der Waals surface area contributed by atoms with Crippen LogP contribution in [0.4, 0.5) is 4.39 Å². The van der Waals surface area contributed by atoms with Crippen LogP contribution in [-0.2, 0) is 14.6 Å². The van der Waals surface area contributed by atoms with E-state index in [1.165, 1.54) is 18.4 Å². The SMILES string of the molecule is C[C@H]1C[C@@H](c2ccc(F)cc2)CN1C(=O)C1(S(C)(=O)=O)CCCC1. The quantitative estimate of drug-likeness (QED) is 0.840. The van der Waals surface area contributed by atoms with Crippen LogP contribution in [0.1, 0.15) is 50.5 Å². The molecule has 1 aliphatic carbocycles. The Kier molecular flexibility index (Phi) is 4.45. The average molecular weight is 353 g/mol. The number of rotatable bonds is 3. The third-order valence-electron chi connectivity index (χ3n) is 5.69. The van der Waals surface area contributed by atoms with Crippen molar-refractivity contribution in [2.24, 2.45) is 0 Å². The van der Waals surface area contributed by atoms with Gasteiger partial charge in [0.25, 0.3) is 0 Å². The van der Waals surface area contributed by atoms with Crippen molar-refractivity contribution in [3.63, 3.8) is 0 Å². The van der Waals surface area contributed by atoms with Gasteiger partial charge in [0.15, 0.2) is 14.6 Å². The van der Waals surface area contributed by atoms with Crippen LogP contribution in [0.15, 0.2) is 24.3 Å². The summed E-state index contributed by atoms with van der Waals surface area (Å²) in [5, 5.41) is 0. The van der Waals surface area contributed by atoms with Gasteiger partial charge < -0.3 is 4.90 Å². The molecule has 3 rings (SSSR count). The van der Waals surface area contributed by atoms with Crippen LogP contribution < -0.4 is 0 Å². The topological polar surface area (TPSA) is 54.5 Å². The molecule has 1 aliphatic heterocycles. The van der Waals surface area contributed by atoms with E-state index < -0.39 is 14.6 Å². The van der Waals surface area contributed by atoms with E-state index in [-0.39, 0.29) is 23.7 Å². The smallest absolute Gasteiger partial charge is 0.244 e. The largest absolute Gasteiger partial charge is 0.338 e. The highest BCUT2D eigenvalue weighted by Crippen LogP contribution is 2.41. The third kappa shape index (κ3) is 2.85. The minimum Gasteiger partial charge on any atom is -0.338 e. The fourth-order valence-electron chi connectivity index (χ4n) is 4.24. The molecule has 0 spiro atoms. The molecule has 0 aromatic heterocycles. The second kappa shape index (κ2) is 6.14. The monoisotopic (exact) mass is 353 g/mol. The van der Waals surface area contributed by atoms with Crippen molar-refractivity contribution in [1.29, 1.82) is 0 Å². The van der Waals surface area contributed by atoms with Crippen molar-refractivity contribution in [2.45, 2.75) is 55.7 Å². The highest BCUT2D eigenvalue weighted by atomic mass is 32.2. The van der Waals surface area contributed by atoms with Crippen LogP contribution in [0.3, 0.4) is 0 Å². The van der Waals surface area contributed by atoms with Crippen molar-refractivity contribution >= 4 is 15.7 Å². The lowest BCUT2D eigenvalue weighted by Crippen LogP contribution is -2.53. The Labute approximate surface area is 143 Å². The molecule has 1 saturated heterocycles. The zero-order valence-corrected chi connectivity index (χ0v) is 15.0. The van der Waals surface area contributed by atoms with Gasteiger partial charge in [0, 0.05) is 24.8 Å². The fraction of sp³-hybridized carbons (Fsp3) is 0.611. The molecule has 2 aliphatic rings. The van der Waals surface area contributed by atoms with E-state index in [0.717, 1.165) is 24.8 Å². The lowest BCUT2D eigenvalue weighted by molar-refractivity contribution is -0.134. The first kappa shape index (κ1) is 17.4. The summed E-state index contributed by atoms with van der Waals surface area (Å²) in [6.45, 7) is 2.47. The summed E-state index contributed by atoms with van der Waals surface area (Å²) in [5.41, 5.74) is 0.998. The van der Waals surface area contributed by atoms with Gasteiger partial charge in [-0.3, -0.25) is 4.79 Å². The van der Waals surface area contributed by atoms with Crippen LogP contribution in [0.5, 0.6) is 0 Å². The summed E-state index contributed by atoms with van der Waals surface area (Å²) in [5.74, 6) is -0.387. The highest BCUT2D eigenvalue weighted by Gasteiger charge is 2.53. The summed E-state index contributed by atoms with van der Waals surface area (Å²) in [6, 6.07) is 6.36. The maximum atomic E-state index is 13.1. The molecular formula is C18H24FNO3S. The second-order valence-corrected chi connectivity index (χ2v) is 9.59. The normalized spacial score (nSPS) is 26.7. The number of sulfone groups is 1. The standard InChI is InChI=1S/C18H24FNO3S/c1-13-11-15(14-5-7-16(19)8-6-14)12-20(13)17(21)18(24(2,22)23)9-3-4-10-18/h5-8,13,15H,3-4,9-12H2,1-2H3/t13-,15+/m0/s1. The molecule has 0 bridgehead atoms. The molecule has 1 aromatic rings. The van der Waals surface area contributed by atoms with Gasteiger partial charge in [0.1, 0.15) is 5.82 Å². The van der Waals surface area contributed by atoms with E-state index in [9.17, 15) is 17.6 Å². The van der Waals surface area contributed by atoms with E-state index in [4.69, 9.17) is 0 Å². The second-order valence-electron chi connectivity index (χ2n) is 7.26. The molecule has 2 fully saturated rings. The van der Waals surface area contributed by atoms with Crippen molar-refractivity contribution in [2.75, 3.05) is 12.8 Å². The van der Waals surface area contributed by atoms with Gasteiger partial charge in [-0.05, 0) is 43.9 Å². The zero-order valence-electron chi connectivity index (χ0n) is 14.2. The van der Waals surface area contributed by atoms with E-state index in [1.54, 1.807) is 17.0 Å². The third-order valence-corrected chi connectivity index (χ3v) is 7.69. The minimum absolute atomic E-state index is 0.00761. The van der Waals surface area contributed by atoms with Crippen molar-refractivity contribution in [3.8, 4) is 0 Å². The maximum absolute atomic E-state index is 13.1. The molecule has 1 heterocycles. The summed E-state index contributed by atoms with van der Waals surface area (Å²) < 4.78 is 36.6. The predicted octanol–water partition coefficient (Wildman–Crippen LogP) is 2.89. The fourth-order valence-corrected chi connectivity index (χ4v) is 5.71. The summed E-state index contributed by atoms with van der Waals surface area (Å²) >= 11 is 0. The van der Waals surface area contributed by atoms with Crippen LogP contribution >= 0.6 is 0 Å². The first-order chi connectivity index (χ1) is 11.2. The van der Waals surface area contributed by atoms with Gasteiger partial charge in [0.05, 0.1) is 0 Å². The molecule has 4 nitrogen and oxygen atoms in total. The van der Waals surface area contributed by atoms with E-state index in [1.807, 2.05) is 6.92 Å². The molecule has 1 saturated carbocycles. The Morgan fingerprint density at radius 1 is 1.21 bits per heavy atom. The Morgan fingerprint density at radius 2 is 1.79 bits per heavy atom. The number of carbonyl (C=O) groups excluding carboxylic acids is 1. The number of halogens is 1.